The highest BCUT2D eigenvalue weighted by molar-refractivity contribution is 6.11. The van der Waals surface area contributed by atoms with Crippen LogP contribution in [0.25, 0.3) is 5.69 Å². The molecule has 1 aliphatic rings. The SMILES string of the molecule is COc1ccc(C(=O)c2ccc(=O)n(-c3ccc(CCN[C@@H](CC(C)C)C(=O)OC4CCCC4)cc3)c2N)cc1. The fraction of sp³-hybridized carbons (Fsp3) is 0.406. The lowest BCUT2D eigenvalue weighted by atomic mass is 10.0. The van der Waals surface area contributed by atoms with Gasteiger partial charge in [0, 0.05) is 11.6 Å². The van der Waals surface area contributed by atoms with Crippen molar-refractivity contribution in [3.8, 4) is 11.4 Å². The number of benzene rings is 2. The van der Waals surface area contributed by atoms with Gasteiger partial charge in [0.2, 0.25) is 0 Å². The molecule has 3 N–H and O–H groups in total. The van der Waals surface area contributed by atoms with E-state index in [-0.39, 0.29) is 40.8 Å². The van der Waals surface area contributed by atoms with E-state index >= 15 is 0 Å². The normalized spacial score (nSPS) is 14.3. The van der Waals surface area contributed by atoms with Crippen LogP contribution in [0, 0.1) is 5.92 Å². The van der Waals surface area contributed by atoms with Crippen LogP contribution >= 0.6 is 0 Å². The molecule has 8 heteroatoms. The summed E-state index contributed by atoms with van der Waals surface area (Å²) in [6.07, 6.45) is 5.63. The van der Waals surface area contributed by atoms with Crippen molar-refractivity contribution in [3.63, 3.8) is 0 Å². The number of carbonyl (C=O) groups is 2. The van der Waals surface area contributed by atoms with Crippen molar-refractivity contribution < 1.29 is 19.1 Å². The molecule has 1 aromatic heterocycles. The topological polar surface area (TPSA) is 113 Å². The van der Waals surface area contributed by atoms with E-state index in [1.165, 1.54) is 16.7 Å². The lowest BCUT2D eigenvalue weighted by molar-refractivity contribution is -0.151. The van der Waals surface area contributed by atoms with Crippen LogP contribution in [0.1, 0.15) is 67.4 Å². The monoisotopic (exact) mass is 545 g/mol. The zero-order valence-electron chi connectivity index (χ0n) is 23.5. The maximum absolute atomic E-state index is 13.1. The Morgan fingerprint density at radius 1 is 1.00 bits per heavy atom. The zero-order valence-corrected chi connectivity index (χ0v) is 23.5. The molecule has 40 heavy (non-hydrogen) atoms. The van der Waals surface area contributed by atoms with Gasteiger partial charge < -0.3 is 20.5 Å². The van der Waals surface area contributed by atoms with E-state index in [1.54, 1.807) is 31.4 Å². The van der Waals surface area contributed by atoms with Crippen LogP contribution in [0.15, 0.2) is 65.5 Å². The largest absolute Gasteiger partial charge is 0.497 e. The maximum atomic E-state index is 13.1. The minimum atomic E-state index is -0.329. The average molecular weight is 546 g/mol. The van der Waals surface area contributed by atoms with Gasteiger partial charge in [0.25, 0.3) is 5.56 Å². The number of hydrogen-bond donors (Lipinski definition) is 2. The van der Waals surface area contributed by atoms with Gasteiger partial charge in [0.15, 0.2) is 5.78 Å². The van der Waals surface area contributed by atoms with Gasteiger partial charge in [0.05, 0.1) is 18.4 Å². The summed E-state index contributed by atoms with van der Waals surface area (Å²) < 4.78 is 12.3. The van der Waals surface area contributed by atoms with Crippen LogP contribution in [0.3, 0.4) is 0 Å². The van der Waals surface area contributed by atoms with Crippen molar-refractivity contribution in [1.82, 2.24) is 9.88 Å². The first-order valence-corrected chi connectivity index (χ1v) is 14.0. The van der Waals surface area contributed by atoms with Gasteiger partial charge in [0.1, 0.15) is 23.7 Å². The minimum Gasteiger partial charge on any atom is -0.497 e. The van der Waals surface area contributed by atoms with Gasteiger partial charge in [-0.1, -0.05) is 26.0 Å². The first kappa shape index (κ1) is 29.1. The van der Waals surface area contributed by atoms with Crippen LogP contribution in [-0.2, 0) is 16.0 Å². The van der Waals surface area contributed by atoms with E-state index in [0.717, 1.165) is 37.7 Å². The number of carbonyl (C=O) groups excluding carboxylic acids is 2. The van der Waals surface area contributed by atoms with Gasteiger partial charge in [-0.25, -0.2) is 0 Å². The molecular weight excluding hydrogens is 506 g/mol. The number of nitrogen functional groups attached to an aromatic ring is 1. The summed E-state index contributed by atoms with van der Waals surface area (Å²) in [5.41, 5.74) is 8.34. The highest BCUT2D eigenvalue weighted by Gasteiger charge is 2.26. The molecule has 0 unspecified atom stereocenters. The molecule has 0 saturated heterocycles. The number of aromatic nitrogens is 1. The Bertz CT molecular complexity index is 1360. The van der Waals surface area contributed by atoms with Crippen molar-refractivity contribution in [2.45, 2.75) is 64.5 Å². The summed E-state index contributed by atoms with van der Waals surface area (Å²) in [6, 6.07) is 16.7. The molecule has 0 spiro atoms. The standard InChI is InChI=1S/C32H39N3O5/c1-21(2)20-28(32(38)40-26-6-4-5-7-26)34-19-18-22-8-12-24(13-9-22)35-29(36)17-16-27(31(35)33)30(37)23-10-14-25(39-3)15-11-23/h8-17,21,26,28,34H,4-7,18-20,33H2,1-3H3/t28-/m0/s1. The smallest absolute Gasteiger partial charge is 0.323 e. The number of nitrogens with one attached hydrogen (secondary N) is 1. The second-order valence-corrected chi connectivity index (χ2v) is 10.8. The molecule has 0 radical (unpaired) electrons. The molecule has 3 aromatic rings. The van der Waals surface area contributed by atoms with Crippen LogP contribution < -0.4 is 21.3 Å². The number of hydrogen-bond acceptors (Lipinski definition) is 7. The Morgan fingerprint density at radius 3 is 2.30 bits per heavy atom. The third-order valence-corrected chi connectivity index (χ3v) is 7.30. The highest BCUT2D eigenvalue weighted by atomic mass is 16.5. The molecular formula is C32H39N3O5. The average Bonchev–Trinajstić information content (AvgIpc) is 3.46. The quantitative estimate of drug-likeness (QED) is 0.251. The number of ether oxygens (including phenoxy) is 2. The molecule has 1 aliphatic carbocycles. The minimum absolute atomic E-state index is 0.0531. The molecule has 1 atom stereocenters. The number of nitrogens with two attached hydrogens (primary N) is 1. The predicted octanol–water partition coefficient (Wildman–Crippen LogP) is 4.69. The molecule has 0 aliphatic heterocycles. The van der Waals surface area contributed by atoms with E-state index in [2.05, 4.69) is 19.2 Å². The van der Waals surface area contributed by atoms with Crippen molar-refractivity contribution in [1.29, 1.82) is 0 Å². The number of nitrogens with zero attached hydrogens (tertiary/aromatic N) is 1. The van der Waals surface area contributed by atoms with Crippen molar-refractivity contribution in [3.05, 3.63) is 87.7 Å². The Kier molecular flexibility index (Phi) is 9.77. The molecule has 1 heterocycles. The lowest BCUT2D eigenvalue weighted by Gasteiger charge is -2.22. The van der Waals surface area contributed by atoms with Gasteiger partial charge in [-0.15, -0.1) is 0 Å². The van der Waals surface area contributed by atoms with Gasteiger partial charge >= 0.3 is 5.97 Å². The third kappa shape index (κ3) is 7.18. The summed E-state index contributed by atoms with van der Waals surface area (Å²) in [5.74, 6) is 0.655. The summed E-state index contributed by atoms with van der Waals surface area (Å²) in [7, 11) is 1.56. The van der Waals surface area contributed by atoms with Crippen molar-refractivity contribution in [2.24, 2.45) is 5.92 Å². The van der Waals surface area contributed by atoms with Crippen LogP contribution in [0.4, 0.5) is 5.82 Å². The Hall–Kier alpha value is -3.91. The van der Waals surface area contributed by atoms with Gasteiger partial charge in [-0.3, -0.25) is 19.0 Å². The molecule has 2 aromatic carbocycles. The predicted molar refractivity (Wildman–Crippen MR) is 156 cm³/mol. The van der Waals surface area contributed by atoms with Crippen molar-refractivity contribution in [2.75, 3.05) is 19.4 Å². The zero-order chi connectivity index (χ0) is 28.6. The second-order valence-electron chi connectivity index (χ2n) is 10.8. The highest BCUT2D eigenvalue weighted by Crippen LogP contribution is 2.23. The molecule has 212 valence electrons. The Morgan fingerprint density at radius 2 is 1.68 bits per heavy atom. The number of ketones is 1. The fourth-order valence-corrected chi connectivity index (χ4v) is 5.10. The number of rotatable bonds is 12. The number of anilines is 1. The second kappa shape index (κ2) is 13.4. The first-order valence-electron chi connectivity index (χ1n) is 14.0. The fourth-order valence-electron chi connectivity index (χ4n) is 5.10. The van der Waals surface area contributed by atoms with E-state index in [0.29, 0.717) is 35.9 Å². The van der Waals surface area contributed by atoms with E-state index in [9.17, 15) is 14.4 Å². The summed E-state index contributed by atoms with van der Waals surface area (Å²) in [6.45, 7) is 4.82. The first-order chi connectivity index (χ1) is 19.3. The van der Waals surface area contributed by atoms with E-state index < -0.39 is 0 Å². The third-order valence-electron chi connectivity index (χ3n) is 7.30. The van der Waals surface area contributed by atoms with Crippen LogP contribution in [-0.4, -0.2) is 42.1 Å². The Balaban J connectivity index is 1.42. The molecule has 0 bridgehead atoms. The summed E-state index contributed by atoms with van der Waals surface area (Å²) in [5, 5.41) is 3.39. The lowest BCUT2D eigenvalue weighted by Crippen LogP contribution is -2.41. The van der Waals surface area contributed by atoms with Crippen LogP contribution in [0.5, 0.6) is 5.75 Å². The summed E-state index contributed by atoms with van der Waals surface area (Å²) >= 11 is 0. The van der Waals surface area contributed by atoms with Gasteiger partial charge in [-0.2, -0.15) is 0 Å². The molecule has 8 nitrogen and oxygen atoms in total. The van der Waals surface area contributed by atoms with Crippen molar-refractivity contribution >= 4 is 17.6 Å². The number of methoxy groups -OCH3 is 1. The van der Waals surface area contributed by atoms with Gasteiger partial charge in [-0.05, 0) is 99.0 Å². The van der Waals surface area contributed by atoms with Crippen LogP contribution in [0.2, 0.25) is 0 Å². The number of esters is 1. The molecule has 1 fully saturated rings. The molecule has 4 rings (SSSR count). The molecule has 0 amide bonds. The summed E-state index contributed by atoms with van der Waals surface area (Å²) in [4.78, 5) is 38.6. The van der Waals surface area contributed by atoms with E-state index in [1.807, 2.05) is 24.3 Å². The maximum Gasteiger partial charge on any atom is 0.323 e. The molecule has 1 saturated carbocycles. The number of pyridine rings is 1. The van der Waals surface area contributed by atoms with E-state index in [4.69, 9.17) is 15.2 Å². The Labute approximate surface area is 235 Å².